The molecule has 1 aromatic rings. The molecule has 3 rings (SSSR count). The standard InChI is InChI=1S/C18H26N2O3S/c1-2-19(12-14-7-9-23-13-14)18(22)16-6-3-8-20(16)17(21)11-15-5-4-10-24-15/h4-5,10,14,16H,2-3,6-9,11-13H2,1H3. The SMILES string of the molecule is CCN(CC1CCOC1)C(=O)C1CCCN1C(=O)Cc1cccs1. The Labute approximate surface area is 147 Å². The smallest absolute Gasteiger partial charge is 0.245 e. The molecular formula is C18H26N2O3S. The molecule has 24 heavy (non-hydrogen) atoms. The van der Waals surface area contributed by atoms with Crippen LogP contribution in [0.15, 0.2) is 17.5 Å². The van der Waals surface area contributed by atoms with Gasteiger partial charge in [-0.2, -0.15) is 0 Å². The molecule has 6 heteroatoms. The van der Waals surface area contributed by atoms with Gasteiger partial charge in [0.25, 0.3) is 0 Å². The Morgan fingerprint density at radius 2 is 2.29 bits per heavy atom. The summed E-state index contributed by atoms with van der Waals surface area (Å²) >= 11 is 1.60. The maximum Gasteiger partial charge on any atom is 0.245 e. The van der Waals surface area contributed by atoms with Gasteiger partial charge in [0.05, 0.1) is 13.0 Å². The molecule has 1 aromatic heterocycles. The summed E-state index contributed by atoms with van der Waals surface area (Å²) in [7, 11) is 0. The van der Waals surface area contributed by atoms with Crippen LogP contribution in [0.25, 0.3) is 0 Å². The van der Waals surface area contributed by atoms with Gasteiger partial charge in [-0.1, -0.05) is 6.07 Å². The zero-order chi connectivity index (χ0) is 16.9. The van der Waals surface area contributed by atoms with E-state index in [1.165, 1.54) is 0 Å². The Bertz CT molecular complexity index is 555. The van der Waals surface area contributed by atoms with E-state index in [9.17, 15) is 9.59 Å². The third-order valence-corrected chi connectivity index (χ3v) is 5.84. The van der Waals surface area contributed by atoms with Crippen LogP contribution in [0.5, 0.6) is 0 Å². The van der Waals surface area contributed by atoms with Crippen LogP contribution in [0.3, 0.4) is 0 Å². The summed E-state index contributed by atoms with van der Waals surface area (Å²) in [6.45, 7) is 5.70. The first kappa shape index (κ1) is 17.4. The molecule has 3 heterocycles. The second-order valence-corrected chi connectivity index (χ2v) is 7.64. The molecular weight excluding hydrogens is 324 g/mol. The van der Waals surface area contributed by atoms with Crippen molar-refractivity contribution in [2.24, 2.45) is 5.92 Å². The molecule has 0 saturated carbocycles. The predicted molar refractivity (Wildman–Crippen MR) is 93.9 cm³/mol. The van der Waals surface area contributed by atoms with Crippen molar-refractivity contribution in [3.05, 3.63) is 22.4 Å². The van der Waals surface area contributed by atoms with E-state index in [0.29, 0.717) is 25.4 Å². The van der Waals surface area contributed by atoms with Crippen molar-refractivity contribution in [1.29, 1.82) is 0 Å². The zero-order valence-corrected chi connectivity index (χ0v) is 15.1. The van der Waals surface area contributed by atoms with Crippen LogP contribution in [0.2, 0.25) is 0 Å². The Balaban J connectivity index is 1.62. The van der Waals surface area contributed by atoms with Crippen molar-refractivity contribution in [1.82, 2.24) is 9.80 Å². The van der Waals surface area contributed by atoms with E-state index in [0.717, 1.165) is 43.9 Å². The number of hydrogen-bond donors (Lipinski definition) is 0. The molecule has 0 bridgehead atoms. The van der Waals surface area contributed by atoms with Gasteiger partial charge in [-0.3, -0.25) is 9.59 Å². The predicted octanol–water partition coefficient (Wildman–Crippen LogP) is 2.17. The highest BCUT2D eigenvalue weighted by atomic mass is 32.1. The molecule has 0 aromatic carbocycles. The maximum atomic E-state index is 13.0. The highest BCUT2D eigenvalue weighted by molar-refractivity contribution is 7.10. The Morgan fingerprint density at radius 3 is 2.96 bits per heavy atom. The van der Waals surface area contributed by atoms with Gasteiger partial charge in [0, 0.05) is 37.0 Å². The number of carbonyl (C=O) groups is 2. The lowest BCUT2D eigenvalue weighted by molar-refractivity contribution is -0.143. The van der Waals surface area contributed by atoms with Crippen molar-refractivity contribution in [3.8, 4) is 0 Å². The highest BCUT2D eigenvalue weighted by Gasteiger charge is 2.36. The molecule has 2 aliphatic heterocycles. The Morgan fingerprint density at radius 1 is 1.42 bits per heavy atom. The fourth-order valence-corrected chi connectivity index (χ4v) is 4.31. The number of hydrogen-bond acceptors (Lipinski definition) is 4. The van der Waals surface area contributed by atoms with E-state index in [2.05, 4.69) is 0 Å². The summed E-state index contributed by atoms with van der Waals surface area (Å²) in [5, 5.41) is 1.98. The van der Waals surface area contributed by atoms with E-state index >= 15 is 0 Å². The molecule has 2 amide bonds. The van der Waals surface area contributed by atoms with Crippen LogP contribution in [0.1, 0.15) is 31.1 Å². The van der Waals surface area contributed by atoms with Gasteiger partial charge in [0.2, 0.25) is 11.8 Å². The Hall–Kier alpha value is -1.40. The van der Waals surface area contributed by atoms with Crippen LogP contribution in [0, 0.1) is 5.92 Å². The van der Waals surface area contributed by atoms with E-state index in [4.69, 9.17) is 4.74 Å². The van der Waals surface area contributed by atoms with E-state index < -0.39 is 0 Å². The van der Waals surface area contributed by atoms with Crippen molar-refractivity contribution in [2.75, 3.05) is 32.8 Å². The van der Waals surface area contributed by atoms with E-state index in [1.54, 1.807) is 16.2 Å². The molecule has 2 fully saturated rings. The fraction of sp³-hybridized carbons (Fsp3) is 0.667. The molecule has 0 spiro atoms. The number of nitrogens with zero attached hydrogens (tertiary/aromatic N) is 2. The molecule has 0 N–H and O–H groups in total. The third-order valence-electron chi connectivity index (χ3n) is 4.96. The van der Waals surface area contributed by atoms with Crippen molar-refractivity contribution >= 4 is 23.2 Å². The second-order valence-electron chi connectivity index (χ2n) is 6.61. The monoisotopic (exact) mass is 350 g/mol. The minimum atomic E-state index is -0.278. The van der Waals surface area contributed by atoms with Crippen LogP contribution in [0.4, 0.5) is 0 Å². The number of likely N-dealkylation sites (N-methyl/N-ethyl adjacent to an activating group) is 1. The van der Waals surface area contributed by atoms with Crippen LogP contribution in [-0.2, 0) is 20.7 Å². The first-order valence-corrected chi connectivity index (χ1v) is 9.75. The van der Waals surface area contributed by atoms with Gasteiger partial charge >= 0.3 is 0 Å². The van der Waals surface area contributed by atoms with Gasteiger partial charge in [0.1, 0.15) is 6.04 Å². The zero-order valence-electron chi connectivity index (χ0n) is 14.3. The summed E-state index contributed by atoms with van der Waals surface area (Å²) in [4.78, 5) is 30.4. The second kappa shape index (κ2) is 8.12. The van der Waals surface area contributed by atoms with Gasteiger partial charge in [-0.05, 0) is 37.6 Å². The summed E-state index contributed by atoms with van der Waals surface area (Å²) in [5.41, 5.74) is 0. The number of rotatable bonds is 6. The number of amides is 2. The molecule has 5 nitrogen and oxygen atoms in total. The maximum absolute atomic E-state index is 13.0. The lowest BCUT2D eigenvalue weighted by atomic mass is 10.1. The average molecular weight is 350 g/mol. The summed E-state index contributed by atoms with van der Waals surface area (Å²) in [5.74, 6) is 0.626. The highest BCUT2D eigenvalue weighted by Crippen LogP contribution is 2.23. The molecule has 0 aliphatic carbocycles. The number of carbonyl (C=O) groups excluding carboxylic acids is 2. The lowest BCUT2D eigenvalue weighted by Gasteiger charge is -2.31. The molecule has 0 radical (unpaired) electrons. The van der Waals surface area contributed by atoms with Crippen LogP contribution in [-0.4, -0.2) is 60.5 Å². The largest absolute Gasteiger partial charge is 0.381 e. The number of likely N-dealkylation sites (tertiary alicyclic amines) is 1. The van der Waals surface area contributed by atoms with Crippen molar-refractivity contribution in [2.45, 2.75) is 38.6 Å². The summed E-state index contributed by atoms with van der Waals surface area (Å²) < 4.78 is 5.42. The Kier molecular flexibility index (Phi) is 5.89. The molecule has 132 valence electrons. The minimum absolute atomic E-state index is 0.0774. The normalized spacial score (nSPS) is 23.6. The molecule has 2 aliphatic rings. The van der Waals surface area contributed by atoms with E-state index in [1.807, 2.05) is 29.3 Å². The summed E-state index contributed by atoms with van der Waals surface area (Å²) in [6, 6.07) is 3.66. The van der Waals surface area contributed by atoms with Gasteiger partial charge in [-0.25, -0.2) is 0 Å². The molecule has 2 atom stereocenters. The summed E-state index contributed by atoms with van der Waals surface area (Å²) in [6.07, 6.45) is 3.13. The van der Waals surface area contributed by atoms with Gasteiger partial charge < -0.3 is 14.5 Å². The van der Waals surface area contributed by atoms with Crippen molar-refractivity contribution < 1.29 is 14.3 Å². The first-order chi connectivity index (χ1) is 11.7. The van der Waals surface area contributed by atoms with Gasteiger partial charge in [0.15, 0.2) is 0 Å². The third kappa shape index (κ3) is 3.98. The topological polar surface area (TPSA) is 49.9 Å². The first-order valence-electron chi connectivity index (χ1n) is 8.87. The molecule has 2 unspecified atom stereocenters. The van der Waals surface area contributed by atoms with Gasteiger partial charge in [-0.15, -0.1) is 11.3 Å². The number of ether oxygens (including phenoxy) is 1. The minimum Gasteiger partial charge on any atom is -0.381 e. The number of thiophene rings is 1. The fourth-order valence-electron chi connectivity index (χ4n) is 3.61. The van der Waals surface area contributed by atoms with Crippen molar-refractivity contribution in [3.63, 3.8) is 0 Å². The average Bonchev–Trinajstić information content (AvgIpc) is 3.32. The quantitative estimate of drug-likeness (QED) is 0.790. The lowest BCUT2D eigenvalue weighted by Crippen LogP contribution is -2.49. The molecule has 2 saturated heterocycles. The van der Waals surface area contributed by atoms with Crippen LogP contribution < -0.4 is 0 Å². The van der Waals surface area contributed by atoms with E-state index in [-0.39, 0.29) is 17.9 Å². The van der Waals surface area contributed by atoms with Crippen LogP contribution >= 0.6 is 11.3 Å².